The van der Waals surface area contributed by atoms with E-state index in [-0.39, 0.29) is 0 Å². The van der Waals surface area contributed by atoms with Gasteiger partial charge in [0.1, 0.15) is 11.8 Å². The van der Waals surface area contributed by atoms with Crippen molar-refractivity contribution in [3.05, 3.63) is 28.2 Å². The molecule has 4 heteroatoms. The first-order valence-corrected chi connectivity index (χ1v) is 5.37. The molecule has 1 rings (SSSR count). The first kappa shape index (κ1) is 12.0. The molecule has 1 aromatic rings. The first-order chi connectivity index (χ1) is 7.04. The fraction of sp³-hybridized carbons (Fsp3) is 0.364. The Bertz CT molecular complexity index is 385. The SMILES string of the molecule is CC(C#N)Oc1ccc(Br)cc1[C@H](C)O. The molecule has 1 unspecified atom stereocenters. The molecule has 2 atom stereocenters. The van der Waals surface area contributed by atoms with E-state index in [2.05, 4.69) is 15.9 Å². The Morgan fingerprint density at radius 2 is 2.13 bits per heavy atom. The van der Waals surface area contributed by atoms with Crippen LogP contribution < -0.4 is 4.74 Å². The number of nitriles is 1. The second-order valence-electron chi connectivity index (χ2n) is 3.25. The predicted molar refractivity (Wildman–Crippen MR) is 60.5 cm³/mol. The summed E-state index contributed by atoms with van der Waals surface area (Å²) in [6.07, 6.45) is -1.15. The minimum atomic E-state index is -0.622. The van der Waals surface area contributed by atoms with Gasteiger partial charge in [-0.15, -0.1) is 0 Å². The van der Waals surface area contributed by atoms with Gasteiger partial charge in [0.2, 0.25) is 0 Å². The van der Waals surface area contributed by atoms with Crippen LogP contribution in [0.2, 0.25) is 0 Å². The van der Waals surface area contributed by atoms with Gasteiger partial charge in [0.15, 0.2) is 6.10 Å². The lowest BCUT2D eigenvalue weighted by molar-refractivity contribution is 0.187. The van der Waals surface area contributed by atoms with E-state index in [1.54, 1.807) is 26.0 Å². The Morgan fingerprint density at radius 3 is 2.67 bits per heavy atom. The summed E-state index contributed by atoms with van der Waals surface area (Å²) in [5.41, 5.74) is 0.673. The maximum Gasteiger partial charge on any atom is 0.181 e. The molecule has 0 bridgehead atoms. The molecule has 0 aromatic heterocycles. The van der Waals surface area contributed by atoms with Crippen LogP contribution in [0.4, 0.5) is 0 Å². The number of benzene rings is 1. The van der Waals surface area contributed by atoms with Crippen molar-refractivity contribution in [3.63, 3.8) is 0 Å². The Labute approximate surface area is 97.4 Å². The van der Waals surface area contributed by atoms with Crippen LogP contribution in [0, 0.1) is 11.3 Å². The Hall–Kier alpha value is -1.05. The molecule has 0 aliphatic carbocycles. The lowest BCUT2D eigenvalue weighted by atomic mass is 10.1. The zero-order chi connectivity index (χ0) is 11.4. The highest BCUT2D eigenvalue weighted by Crippen LogP contribution is 2.29. The highest BCUT2D eigenvalue weighted by molar-refractivity contribution is 9.10. The van der Waals surface area contributed by atoms with Crippen molar-refractivity contribution in [3.8, 4) is 11.8 Å². The van der Waals surface area contributed by atoms with Gasteiger partial charge in [-0.1, -0.05) is 15.9 Å². The normalized spacial score (nSPS) is 14.1. The molecule has 0 saturated heterocycles. The minimum Gasteiger partial charge on any atom is -0.475 e. The number of rotatable bonds is 3. The fourth-order valence-corrected chi connectivity index (χ4v) is 1.55. The van der Waals surface area contributed by atoms with Gasteiger partial charge in [0.05, 0.1) is 6.10 Å². The van der Waals surface area contributed by atoms with E-state index in [9.17, 15) is 5.11 Å². The van der Waals surface area contributed by atoms with Crippen LogP contribution in [0.25, 0.3) is 0 Å². The van der Waals surface area contributed by atoms with E-state index in [1.165, 1.54) is 0 Å². The quantitative estimate of drug-likeness (QED) is 0.918. The predicted octanol–water partition coefficient (Wildman–Crippen LogP) is 2.79. The molecular weight excluding hydrogens is 258 g/mol. The van der Waals surface area contributed by atoms with E-state index in [4.69, 9.17) is 10.00 Å². The van der Waals surface area contributed by atoms with Crippen LogP contribution in [-0.2, 0) is 0 Å². The van der Waals surface area contributed by atoms with Gasteiger partial charge in [0, 0.05) is 10.0 Å². The van der Waals surface area contributed by atoms with Crippen LogP contribution >= 0.6 is 15.9 Å². The van der Waals surface area contributed by atoms with Gasteiger partial charge in [-0.25, -0.2) is 0 Å². The second-order valence-corrected chi connectivity index (χ2v) is 4.16. The maximum atomic E-state index is 9.53. The number of hydrogen-bond acceptors (Lipinski definition) is 3. The number of ether oxygens (including phenoxy) is 1. The van der Waals surface area contributed by atoms with Crippen LogP contribution in [-0.4, -0.2) is 11.2 Å². The summed E-state index contributed by atoms with van der Waals surface area (Å²) >= 11 is 3.32. The highest BCUT2D eigenvalue weighted by Gasteiger charge is 2.12. The van der Waals surface area contributed by atoms with Crippen molar-refractivity contribution in [1.82, 2.24) is 0 Å². The van der Waals surface area contributed by atoms with E-state index in [0.29, 0.717) is 11.3 Å². The monoisotopic (exact) mass is 269 g/mol. The van der Waals surface area contributed by atoms with Gasteiger partial charge in [-0.05, 0) is 32.0 Å². The van der Waals surface area contributed by atoms with Gasteiger partial charge in [0.25, 0.3) is 0 Å². The molecule has 1 aromatic carbocycles. The van der Waals surface area contributed by atoms with E-state index in [1.807, 2.05) is 12.1 Å². The summed E-state index contributed by atoms with van der Waals surface area (Å²) in [5.74, 6) is 0.544. The summed E-state index contributed by atoms with van der Waals surface area (Å²) in [7, 11) is 0. The molecule has 0 radical (unpaired) electrons. The number of nitrogens with zero attached hydrogens (tertiary/aromatic N) is 1. The van der Waals surface area contributed by atoms with Crippen molar-refractivity contribution in [2.75, 3.05) is 0 Å². The standard InChI is InChI=1S/C11H12BrNO2/c1-7(6-13)15-11-4-3-9(12)5-10(11)8(2)14/h3-5,7-8,14H,1-2H3/t7?,8-/m0/s1. The topological polar surface area (TPSA) is 53.2 Å². The van der Waals surface area contributed by atoms with Crippen molar-refractivity contribution in [1.29, 1.82) is 5.26 Å². The summed E-state index contributed by atoms with van der Waals surface area (Å²) in [6, 6.07) is 7.31. The third kappa shape index (κ3) is 3.22. The van der Waals surface area contributed by atoms with Crippen LogP contribution in [0.1, 0.15) is 25.5 Å². The van der Waals surface area contributed by atoms with Gasteiger partial charge < -0.3 is 9.84 Å². The van der Waals surface area contributed by atoms with Crippen LogP contribution in [0.5, 0.6) is 5.75 Å². The average Bonchev–Trinajstić information content (AvgIpc) is 2.20. The largest absolute Gasteiger partial charge is 0.475 e. The zero-order valence-electron chi connectivity index (χ0n) is 8.57. The summed E-state index contributed by atoms with van der Waals surface area (Å²) < 4.78 is 6.24. The fourth-order valence-electron chi connectivity index (χ4n) is 1.17. The molecule has 0 aliphatic rings. The summed E-state index contributed by atoms with van der Waals surface area (Å²) in [5, 5.41) is 18.2. The number of aliphatic hydroxyl groups excluding tert-OH is 1. The smallest absolute Gasteiger partial charge is 0.181 e. The number of aliphatic hydroxyl groups is 1. The molecule has 0 saturated carbocycles. The Balaban J connectivity index is 3.02. The number of hydrogen-bond donors (Lipinski definition) is 1. The average molecular weight is 270 g/mol. The molecule has 0 aliphatic heterocycles. The number of halogens is 1. The summed E-state index contributed by atoms with van der Waals surface area (Å²) in [4.78, 5) is 0. The molecule has 0 fully saturated rings. The molecule has 0 heterocycles. The van der Waals surface area contributed by atoms with Crippen molar-refractivity contribution >= 4 is 15.9 Å². The molecule has 1 N–H and O–H groups in total. The first-order valence-electron chi connectivity index (χ1n) is 4.58. The minimum absolute atomic E-state index is 0.524. The van der Waals surface area contributed by atoms with Crippen LogP contribution in [0.3, 0.4) is 0 Å². The van der Waals surface area contributed by atoms with E-state index < -0.39 is 12.2 Å². The molecule has 3 nitrogen and oxygen atoms in total. The maximum absolute atomic E-state index is 9.53. The Kier molecular flexibility index (Phi) is 4.13. The van der Waals surface area contributed by atoms with Crippen molar-refractivity contribution in [2.24, 2.45) is 0 Å². The lowest BCUT2D eigenvalue weighted by Gasteiger charge is -2.14. The Morgan fingerprint density at radius 1 is 1.47 bits per heavy atom. The highest BCUT2D eigenvalue weighted by atomic mass is 79.9. The van der Waals surface area contributed by atoms with E-state index >= 15 is 0 Å². The molecule has 0 spiro atoms. The molecule has 0 amide bonds. The van der Waals surface area contributed by atoms with Crippen molar-refractivity contribution in [2.45, 2.75) is 26.1 Å². The molecule has 80 valence electrons. The second kappa shape index (κ2) is 5.15. The molecular formula is C11H12BrNO2. The third-order valence-corrected chi connectivity index (χ3v) is 2.40. The van der Waals surface area contributed by atoms with E-state index in [0.717, 1.165) is 4.47 Å². The third-order valence-electron chi connectivity index (χ3n) is 1.91. The lowest BCUT2D eigenvalue weighted by Crippen LogP contribution is -2.10. The summed E-state index contributed by atoms with van der Waals surface area (Å²) in [6.45, 7) is 3.32. The van der Waals surface area contributed by atoms with Gasteiger partial charge in [-0.3, -0.25) is 0 Å². The molecule has 15 heavy (non-hydrogen) atoms. The zero-order valence-corrected chi connectivity index (χ0v) is 10.2. The van der Waals surface area contributed by atoms with Crippen LogP contribution in [0.15, 0.2) is 22.7 Å². The van der Waals surface area contributed by atoms with Gasteiger partial charge >= 0.3 is 0 Å². The van der Waals surface area contributed by atoms with Gasteiger partial charge in [-0.2, -0.15) is 5.26 Å². The van der Waals surface area contributed by atoms with Crippen molar-refractivity contribution < 1.29 is 9.84 Å².